The summed E-state index contributed by atoms with van der Waals surface area (Å²) < 4.78 is 1.17. The van der Waals surface area contributed by atoms with Crippen molar-refractivity contribution in [3.8, 4) is 0 Å². The highest BCUT2D eigenvalue weighted by Gasteiger charge is 2.08. The molecule has 0 fully saturated rings. The number of hydrogen-bond acceptors (Lipinski definition) is 2. The molecule has 0 saturated carbocycles. The highest BCUT2D eigenvalue weighted by Crippen LogP contribution is 2.36. The zero-order valence-electron chi connectivity index (χ0n) is 6.55. The van der Waals surface area contributed by atoms with Crippen molar-refractivity contribution in [3.05, 3.63) is 28.1 Å². The fourth-order valence-electron chi connectivity index (χ4n) is 1.26. The van der Waals surface area contributed by atoms with E-state index in [4.69, 9.17) is 11.6 Å². The lowest BCUT2D eigenvalue weighted by atomic mass is 10.1. The van der Waals surface area contributed by atoms with Gasteiger partial charge in [0.25, 0.3) is 0 Å². The van der Waals surface area contributed by atoms with Crippen molar-refractivity contribution in [1.82, 2.24) is 0 Å². The van der Waals surface area contributed by atoms with Gasteiger partial charge in [0, 0.05) is 14.9 Å². The Balaban J connectivity index is 2.87. The third kappa shape index (κ3) is 1.63. The summed E-state index contributed by atoms with van der Waals surface area (Å²) in [6.45, 7) is 0. The Bertz CT molecular complexity index is 450. The maximum atomic E-state index is 6.04. The van der Waals surface area contributed by atoms with Crippen molar-refractivity contribution in [2.45, 2.75) is 10.2 Å². The highest BCUT2D eigenvalue weighted by atomic mass is 79.9. The van der Waals surface area contributed by atoms with Gasteiger partial charge in [-0.1, -0.05) is 27.5 Å². The molecule has 0 bridgehead atoms. The molecule has 0 aliphatic heterocycles. The van der Waals surface area contributed by atoms with Crippen LogP contribution in [0.4, 0.5) is 0 Å². The molecule has 0 unspecified atom stereocenters. The first kappa shape index (κ1) is 9.84. The number of rotatable bonds is 1. The normalized spacial score (nSPS) is 11.0. The van der Waals surface area contributed by atoms with Gasteiger partial charge in [0.05, 0.1) is 5.02 Å². The summed E-state index contributed by atoms with van der Waals surface area (Å²) >= 11 is 15.5. The Labute approximate surface area is 99.4 Å². The molecule has 0 saturated heterocycles. The second-order valence-electron chi connectivity index (χ2n) is 2.66. The Morgan fingerprint density at radius 1 is 1.54 bits per heavy atom. The molecule has 1 aromatic heterocycles. The third-order valence-corrected chi connectivity index (χ3v) is 4.48. The molecule has 2 rings (SSSR count). The molecule has 2 aromatic rings. The molecule has 0 nitrogen and oxygen atoms in total. The molecule has 13 heavy (non-hydrogen) atoms. The van der Waals surface area contributed by atoms with Crippen molar-refractivity contribution in [3.63, 3.8) is 0 Å². The summed E-state index contributed by atoms with van der Waals surface area (Å²) in [5.74, 6) is 0. The summed E-state index contributed by atoms with van der Waals surface area (Å²) in [5.41, 5.74) is 1.22. The molecular weight excluding hydrogens is 288 g/mol. The quantitative estimate of drug-likeness (QED) is 0.570. The van der Waals surface area contributed by atoms with Crippen molar-refractivity contribution in [2.75, 3.05) is 0 Å². The minimum atomic E-state index is 0.729. The Morgan fingerprint density at radius 2 is 2.31 bits per heavy atom. The first-order chi connectivity index (χ1) is 6.24. The van der Waals surface area contributed by atoms with Gasteiger partial charge < -0.3 is 0 Å². The third-order valence-electron chi connectivity index (χ3n) is 1.90. The van der Waals surface area contributed by atoms with Gasteiger partial charge in [-0.05, 0) is 28.5 Å². The van der Waals surface area contributed by atoms with E-state index in [9.17, 15) is 0 Å². The predicted molar refractivity (Wildman–Crippen MR) is 66.7 cm³/mol. The lowest BCUT2D eigenvalue weighted by Gasteiger charge is -2.03. The van der Waals surface area contributed by atoms with Crippen LogP contribution in [0.2, 0.25) is 5.02 Å². The standard InChI is InChI=1S/C9H6BrClS2/c10-4-5-3-7(11)8(12)9-6(5)1-2-13-9/h1-3,12H,4H2. The first-order valence-corrected chi connectivity index (χ1v) is 6.50. The number of hydrogen-bond donors (Lipinski definition) is 1. The van der Waals surface area contributed by atoms with E-state index in [0.717, 1.165) is 15.2 Å². The summed E-state index contributed by atoms with van der Waals surface area (Å²) in [7, 11) is 0. The molecule has 0 amide bonds. The second kappa shape index (κ2) is 3.81. The van der Waals surface area contributed by atoms with Crippen LogP contribution in [-0.4, -0.2) is 0 Å². The van der Waals surface area contributed by atoms with Crippen molar-refractivity contribution < 1.29 is 0 Å². The molecular formula is C9H6BrClS2. The molecule has 0 N–H and O–H groups in total. The molecule has 0 aliphatic rings. The average molecular weight is 294 g/mol. The van der Waals surface area contributed by atoms with Gasteiger partial charge in [-0.25, -0.2) is 0 Å². The molecule has 0 aliphatic carbocycles. The second-order valence-corrected chi connectivity index (χ2v) is 4.99. The molecule has 0 atom stereocenters. The molecule has 0 spiro atoms. The van der Waals surface area contributed by atoms with Crippen LogP contribution in [0, 0.1) is 0 Å². The maximum Gasteiger partial charge on any atom is 0.0557 e. The van der Waals surface area contributed by atoms with Gasteiger partial charge in [-0.3, -0.25) is 0 Å². The van der Waals surface area contributed by atoms with E-state index in [1.54, 1.807) is 11.3 Å². The highest BCUT2D eigenvalue weighted by molar-refractivity contribution is 9.08. The van der Waals surface area contributed by atoms with Gasteiger partial charge in [-0.15, -0.1) is 24.0 Å². The average Bonchev–Trinajstić information content (AvgIpc) is 2.60. The summed E-state index contributed by atoms with van der Waals surface area (Å²) in [5, 5.41) is 4.87. The molecule has 68 valence electrons. The Kier molecular flexibility index (Phi) is 2.88. The Morgan fingerprint density at radius 3 is 3.00 bits per heavy atom. The van der Waals surface area contributed by atoms with Gasteiger partial charge in [-0.2, -0.15) is 0 Å². The van der Waals surface area contributed by atoms with E-state index in [-0.39, 0.29) is 0 Å². The summed E-state index contributed by atoms with van der Waals surface area (Å²) in [6, 6.07) is 4.07. The van der Waals surface area contributed by atoms with Gasteiger partial charge >= 0.3 is 0 Å². The van der Waals surface area contributed by atoms with Crippen molar-refractivity contribution in [1.29, 1.82) is 0 Å². The largest absolute Gasteiger partial charge is 0.143 e. The maximum absolute atomic E-state index is 6.04. The lowest BCUT2D eigenvalue weighted by molar-refractivity contribution is 1.46. The molecule has 1 aromatic carbocycles. The van der Waals surface area contributed by atoms with E-state index in [1.807, 2.05) is 6.07 Å². The fourth-order valence-corrected chi connectivity index (χ4v) is 3.24. The van der Waals surface area contributed by atoms with Crippen LogP contribution in [-0.2, 0) is 5.33 Å². The zero-order chi connectivity index (χ0) is 9.42. The molecule has 0 radical (unpaired) electrons. The van der Waals surface area contributed by atoms with Gasteiger partial charge in [0.1, 0.15) is 0 Å². The van der Waals surface area contributed by atoms with E-state index in [0.29, 0.717) is 0 Å². The van der Waals surface area contributed by atoms with E-state index in [2.05, 4.69) is 40.0 Å². The van der Waals surface area contributed by atoms with E-state index in [1.165, 1.54) is 15.6 Å². The molecule has 1 heterocycles. The van der Waals surface area contributed by atoms with Crippen LogP contribution in [0.5, 0.6) is 0 Å². The smallest absolute Gasteiger partial charge is 0.0557 e. The van der Waals surface area contributed by atoms with Gasteiger partial charge in [0.15, 0.2) is 0 Å². The number of fused-ring (bicyclic) bond motifs is 1. The van der Waals surface area contributed by atoms with E-state index < -0.39 is 0 Å². The predicted octanol–water partition coefficient (Wildman–Crippen LogP) is 4.74. The van der Waals surface area contributed by atoms with E-state index >= 15 is 0 Å². The summed E-state index contributed by atoms with van der Waals surface area (Å²) in [6.07, 6.45) is 0. The number of thiophene rings is 1. The number of benzene rings is 1. The number of halogens is 2. The topological polar surface area (TPSA) is 0 Å². The first-order valence-electron chi connectivity index (χ1n) is 3.67. The van der Waals surface area contributed by atoms with Gasteiger partial charge in [0.2, 0.25) is 0 Å². The van der Waals surface area contributed by atoms with Crippen LogP contribution in [0.15, 0.2) is 22.4 Å². The monoisotopic (exact) mass is 292 g/mol. The van der Waals surface area contributed by atoms with Crippen molar-refractivity contribution >= 4 is 61.6 Å². The van der Waals surface area contributed by atoms with Crippen LogP contribution in [0.25, 0.3) is 10.1 Å². The number of thiol groups is 1. The van der Waals surface area contributed by atoms with Crippen molar-refractivity contribution in [2.24, 2.45) is 0 Å². The number of alkyl halides is 1. The minimum absolute atomic E-state index is 0.729. The minimum Gasteiger partial charge on any atom is -0.143 e. The Hall–Kier alpha value is 0.300. The van der Waals surface area contributed by atoms with Crippen LogP contribution < -0.4 is 0 Å². The summed E-state index contributed by atoms with van der Waals surface area (Å²) in [4.78, 5) is 0.886. The fraction of sp³-hybridized carbons (Fsp3) is 0.111. The lowest BCUT2D eigenvalue weighted by Crippen LogP contribution is -1.80. The molecule has 4 heteroatoms. The zero-order valence-corrected chi connectivity index (χ0v) is 10.6. The van der Waals surface area contributed by atoms with Crippen LogP contribution in [0.1, 0.15) is 5.56 Å². The van der Waals surface area contributed by atoms with Crippen LogP contribution in [0.3, 0.4) is 0 Å². The SMILES string of the molecule is Sc1c(Cl)cc(CBr)c2ccsc12. The van der Waals surface area contributed by atoms with Crippen LogP contribution >= 0.6 is 51.5 Å².